The van der Waals surface area contributed by atoms with Gasteiger partial charge in [-0.3, -0.25) is 5.01 Å². The lowest BCUT2D eigenvalue weighted by atomic mass is 10.2. The van der Waals surface area contributed by atoms with Crippen LogP contribution in [0.5, 0.6) is 0 Å². The second kappa shape index (κ2) is 10.4. The molecule has 164 valence electrons. The van der Waals surface area contributed by atoms with Gasteiger partial charge in [-0.15, -0.1) is 0 Å². The first-order chi connectivity index (χ1) is 13.6. The summed E-state index contributed by atoms with van der Waals surface area (Å²) in [6, 6.07) is 5.67. The summed E-state index contributed by atoms with van der Waals surface area (Å²) < 4.78 is 47.9. The van der Waals surface area contributed by atoms with Crippen LogP contribution in [0.25, 0.3) is 0 Å². The van der Waals surface area contributed by atoms with E-state index >= 15 is 0 Å². The SMILES string of the molecule is CCCCCCCS(=O)(=O)c1ccc(NC(=O)N2CCCN2CS(C)(=O)=O)cc1. The second-order valence-corrected chi connectivity index (χ2v) is 11.7. The van der Waals surface area contributed by atoms with Crippen molar-refractivity contribution in [1.29, 1.82) is 0 Å². The number of nitrogens with one attached hydrogen (secondary N) is 1. The maximum absolute atomic E-state index is 12.5. The molecule has 10 heteroatoms. The molecule has 1 heterocycles. The molecule has 0 radical (unpaired) electrons. The van der Waals surface area contributed by atoms with Crippen molar-refractivity contribution in [2.75, 3.05) is 36.3 Å². The van der Waals surface area contributed by atoms with Crippen LogP contribution in [0.1, 0.15) is 45.4 Å². The van der Waals surface area contributed by atoms with Gasteiger partial charge in [-0.1, -0.05) is 32.6 Å². The lowest BCUT2D eigenvalue weighted by molar-refractivity contribution is 0.0892. The monoisotopic (exact) mass is 445 g/mol. The predicted octanol–water partition coefficient (Wildman–Crippen LogP) is 2.89. The molecule has 1 aliphatic heterocycles. The Morgan fingerprint density at radius 1 is 1.00 bits per heavy atom. The van der Waals surface area contributed by atoms with Gasteiger partial charge in [0.15, 0.2) is 19.7 Å². The van der Waals surface area contributed by atoms with E-state index in [0.29, 0.717) is 31.6 Å². The van der Waals surface area contributed by atoms with Crippen LogP contribution in [0.2, 0.25) is 0 Å². The Balaban J connectivity index is 1.93. The first-order valence-electron chi connectivity index (χ1n) is 9.96. The average Bonchev–Trinajstić information content (AvgIpc) is 3.08. The molecule has 0 unspecified atom stereocenters. The van der Waals surface area contributed by atoms with Crippen LogP contribution >= 0.6 is 0 Å². The number of carbonyl (C=O) groups excluding carboxylic acids is 1. The van der Waals surface area contributed by atoms with E-state index in [1.165, 1.54) is 22.2 Å². The number of hydrogen-bond donors (Lipinski definition) is 1. The minimum atomic E-state index is -3.34. The second-order valence-electron chi connectivity index (χ2n) is 7.45. The molecule has 1 saturated heterocycles. The van der Waals surface area contributed by atoms with Gasteiger partial charge < -0.3 is 5.32 Å². The van der Waals surface area contributed by atoms with Gasteiger partial charge in [0.05, 0.1) is 10.6 Å². The minimum Gasteiger partial charge on any atom is -0.307 e. The van der Waals surface area contributed by atoms with Gasteiger partial charge in [-0.05, 0) is 37.1 Å². The van der Waals surface area contributed by atoms with Crippen LogP contribution < -0.4 is 5.32 Å². The van der Waals surface area contributed by atoms with Gasteiger partial charge in [-0.25, -0.2) is 26.6 Å². The first kappa shape index (κ1) is 23.6. The summed E-state index contributed by atoms with van der Waals surface area (Å²) in [6.07, 6.45) is 6.65. The number of unbranched alkanes of at least 4 members (excludes halogenated alkanes) is 4. The highest BCUT2D eigenvalue weighted by molar-refractivity contribution is 7.91. The predicted molar refractivity (Wildman–Crippen MR) is 114 cm³/mol. The zero-order valence-electron chi connectivity index (χ0n) is 17.1. The van der Waals surface area contributed by atoms with E-state index in [1.54, 1.807) is 12.1 Å². The summed E-state index contributed by atoms with van der Waals surface area (Å²) in [7, 11) is -6.58. The first-order valence-corrected chi connectivity index (χ1v) is 13.7. The standard InChI is InChI=1S/C19H31N3O5S2/c1-3-4-5-6-7-15-29(26,27)18-11-9-17(10-12-18)20-19(23)22-14-8-13-21(22)16-28(2,24)25/h9-12H,3-8,13-16H2,1-2H3,(H,20,23). The van der Waals surface area contributed by atoms with Crippen LogP contribution in [-0.2, 0) is 19.7 Å². The minimum absolute atomic E-state index is 0.122. The zero-order valence-corrected chi connectivity index (χ0v) is 18.8. The summed E-state index contributed by atoms with van der Waals surface area (Å²) in [5.41, 5.74) is 0.461. The van der Waals surface area contributed by atoms with Gasteiger partial charge in [0.25, 0.3) is 0 Å². The molecule has 8 nitrogen and oxygen atoms in total. The average molecular weight is 446 g/mol. The molecule has 2 amide bonds. The third-order valence-electron chi connectivity index (χ3n) is 4.73. The van der Waals surface area contributed by atoms with Crippen molar-refractivity contribution < 1.29 is 21.6 Å². The molecule has 0 aromatic heterocycles. The van der Waals surface area contributed by atoms with Gasteiger partial charge in [0.1, 0.15) is 5.88 Å². The van der Waals surface area contributed by atoms with Crippen molar-refractivity contribution in [3.63, 3.8) is 0 Å². The van der Waals surface area contributed by atoms with Crippen LogP contribution in [0.4, 0.5) is 10.5 Å². The molecule has 1 fully saturated rings. The van der Waals surface area contributed by atoms with Crippen molar-refractivity contribution >= 4 is 31.4 Å². The van der Waals surface area contributed by atoms with Crippen LogP contribution in [0, 0.1) is 0 Å². The molecule has 0 aliphatic carbocycles. The fraction of sp³-hybridized carbons (Fsp3) is 0.632. The molecule has 1 aromatic rings. The lowest BCUT2D eigenvalue weighted by Crippen LogP contribution is -2.45. The largest absolute Gasteiger partial charge is 0.336 e. The summed E-state index contributed by atoms with van der Waals surface area (Å²) in [4.78, 5) is 12.7. The van der Waals surface area contributed by atoms with E-state index in [1.807, 2.05) is 0 Å². The topological polar surface area (TPSA) is 104 Å². The number of rotatable bonds is 10. The van der Waals surface area contributed by atoms with Crippen LogP contribution in [0.15, 0.2) is 29.2 Å². The number of sulfone groups is 2. The van der Waals surface area contributed by atoms with E-state index in [2.05, 4.69) is 12.2 Å². The molecule has 0 saturated carbocycles. The van der Waals surface area contributed by atoms with Crippen molar-refractivity contribution in [2.24, 2.45) is 0 Å². The Labute approximate surface area is 174 Å². The fourth-order valence-electron chi connectivity index (χ4n) is 3.25. The van der Waals surface area contributed by atoms with Crippen LogP contribution in [0.3, 0.4) is 0 Å². The maximum Gasteiger partial charge on any atom is 0.336 e. The van der Waals surface area contributed by atoms with Crippen molar-refractivity contribution in [2.45, 2.75) is 50.3 Å². The normalized spacial score (nSPS) is 15.6. The molecular formula is C19H31N3O5S2. The van der Waals surface area contributed by atoms with E-state index in [-0.39, 0.29) is 16.5 Å². The summed E-state index contributed by atoms with van der Waals surface area (Å²) >= 11 is 0. The highest BCUT2D eigenvalue weighted by Crippen LogP contribution is 2.19. The molecule has 0 bridgehead atoms. The number of urea groups is 1. The maximum atomic E-state index is 12.5. The van der Waals surface area contributed by atoms with E-state index < -0.39 is 25.7 Å². The Hall–Kier alpha value is -1.65. The van der Waals surface area contributed by atoms with Gasteiger partial charge in [-0.2, -0.15) is 0 Å². The molecule has 1 aliphatic rings. The summed E-state index contributed by atoms with van der Waals surface area (Å²) in [6.45, 7) is 3.05. The molecule has 0 spiro atoms. The number of nitrogens with zero attached hydrogens (tertiary/aromatic N) is 2. The molecular weight excluding hydrogens is 414 g/mol. The summed E-state index contributed by atoms with van der Waals surface area (Å²) in [5.74, 6) is -0.0908. The van der Waals surface area contributed by atoms with E-state index in [0.717, 1.165) is 31.9 Å². The Morgan fingerprint density at radius 2 is 1.66 bits per heavy atom. The number of amides is 2. The van der Waals surface area contributed by atoms with Crippen molar-refractivity contribution in [3.8, 4) is 0 Å². The third kappa shape index (κ3) is 7.60. The Morgan fingerprint density at radius 3 is 2.28 bits per heavy atom. The Bertz CT molecular complexity index is 883. The number of carbonyl (C=O) groups is 1. The fourth-order valence-corrected chi connectivity index (χ4v) is 5.43. The van der Waals surface area contributed by atoms with Crippen molar-refractivity contribution in [1.82, 2.24) is 10.0 Å². The number of hydrazine groups is 1. The lowest BCUT2D eigenvalue weighted by Gasteiger charge is -2.27. The van der Waals surface area contributed by atoms with Crippen LogP contribution in [-0.4, -0.2) is 63.9 Å². The van der Waals surface area contributed by atoms with E-state index in [9.17, 15) is 21.6 Å². The zero-order chi connectivity index (χ0) is 21.5. The van der Waals surface area contributed by atoms with Crippen molar-refractivity contribution in [3.05, 3.63) is 24.3 Å². The number of anilines is 1. The number of hydrogen-bond acceptors (Lipinski definition) is 6. The Kier molecular flexibility index (Phi) is 8.47. The van der Waals surface area contributed by atoms with Gasteiger partial charge in [0.2, 0.25) is 0 Å². The smallest absolute Gasteiger partial charge is 0.307 e. The molecule has 1 N–H and O–H groups in total. The highest BCUT2D eigenvalue weighted by atomic mass is 32.2. The highest BCUT2D eigenvalue weighted by Gasteiger charge is 2.29. The molecule has 2 rings (SSSR count). The van der Waals surface area contributed by atoms with Gasteiger partial charge >= 0.3 is 6.03 Å². The molecule has 29 heavy (non-hydrogen) atoms. The molecule has 0 atom stereocenters. The quantitative estimate of drug-likeness (QED) is 0.556. The van der Waals surface area contributed by atoms with Gasteiger partial charge in [0, 0.05) is 25.0 Å². The number of benzene rings is 1. The molecule has 1 aromatic carbocycles. The van der Waals surface area contributed by atoms with E-state index in [4.69, 9.17) is 0 Å². The summed E-state index contributed by atoms with van der Waals surface area (Å²) in [5, 5.41) is 5.58. The third-order valence-corrected chi connectivity index (χ3v) is 7.31.